The second-order valence-corrected chi connectivity index (χ2v) is 5.16. The van der Waals surface area contributed by atoms with Crippen molar-refractivity contribution in [3.63, 3.8) is 0 Å². The minimum absolute atomic E-state index is 0.297. The van der Waals surface area contributed by atoms with E-state index in [0.717, 1.165) is 27.7 Å². The number of aliphatic carboxylic acids is 1. The molecule has 0 radical (unpaired) electrons. The van der Waals surface area contributed by atoms with Crippen LogP contribution in [-0.2, 0) is 11.2 Å². The van der Waals surface area contributed by atoms with Crippen molar-refractivity contribution in [2.75, 3.05) is 0 Å². The first-order valence-electron chi connectivity index (χ1n) is 7.04. The van der Waals surface area contributed by atoms with E-state index in [1.165, 1.54) is 0 Å². The van der Waals surface area contributed by atoms with E-state index < -0.39 is 12.0 Å². The Labute approximate surface area is 127 Å². The van der Waals surface area contributed by atoms with Crippen LogP contribution in [0.3, 0.4) is 0 Å². The van der Waals surface area contributed by atoms with Crippen molar-refractivity contribution in [3.05, 3.63) is 66.0 Å². The second kappa shape index (κ2) is 5.91. The smallest absolute Gasteiger partial charge is 0.320 e. The number of carboxylic acid groups (broad SMARTS) is 1. The molecular weight excluding hydrogens is 278 g/mol. The van der Waals surface area contributed by atoms with Crippen LogP contribution in [0, 0.1) is 0 Å². The van der Waals surface area contributed by atoms with Crippen LogP contribution in [0.4, 0.5) is 0 Å². The van der Waals surface area contributed by atoms with E-state index in [-0.39, 0.29) is 0 Å². The molecule has 0 saturated heterocycles. The highest BCUT2D eigenvalue weighted by Gasteiger charge is 2.16. The van der Waals surface area contributed by atoms with Crippen LogP contribution in [0.1, 0.15) is 11.1 Å². The minimum Gasteiger partial charge on any atom is -0.480 e. The van der Waals surface area contributed by atoms with Crippen molar-refractivity contribution >= 4 is 22.6 Å². The molecule has 0 fully saturated rings. The molecule has 22 heavy (non-hydrogen) atoms. The number of hydrogen-bond donors (Lipinski definition) is 4. The summed E-state index contributed by atoms with van der Waals surface area (Å²) in [5, 5.41) is 13.2. The molecule has 0 bridgehead atoms. The molecule has 3 rings (SSSR count). The van der Waals surface area contributed by atoms with Crippen molar-refractivity contribution in [2.45, 2.75) is 12.5 Å². The molecule has 112 valence electrons. The Bertz CT molecular complexity index is 799. The molecule has 2 aromatic rings. The maximum absolute atomic E-state index is 10.9. The zero-order valence-corrected chi connectivity index (χ0v) is 11.9. The topological polar surface area (TPSA) is 91.1 Å². The summed E-state index contributed by atoms with van der Waals surface area (Å²) < 4.78 is 0. The van der Waals surface area contributed by atoms with Gasteiger partial charge in [0.05, 0.1) is 5.52 Å². The van der Waals surface area contributed by atoms with Gasteiger partial charge in [-0.1, -0.05) is 30.4 Å². The Morgan fingerprint density at radius 2 is 2.14 bits per heavy atom. The van der Waals surface area contributed by atoms with Crippen LogP contribution in [0.15, 0.2) is 54.9 Å². The molecular formula is C17H17N3O2. The van der Waals surface area contributed by atoms with Gasteiger partial charge in [-0.05, 0) is 17.7 Å². The first kappa shape index (κ1) is 14.2. The highest BCUT2D eigenvalue weighted by atomic mass is 16.4. The first-order valence-corrected chi connectivity index (χ1v) is 7.04. The minimum atomic E-state index is -0.992. The fourth-order valence-corrected chi connectivity index (χ4v) is 2.56. The molecule has 1 atom stereocenters. The van der Waals surface area contributed by atoms with Crippen molar-refractivity contribution in [2.24, 2.45) is 5.73 Å². The lowest BCUT2D eigenvalue weighted by atomic mass is 10.0. The predicted molar refractivity (Wildman–Crippen MR) is 87.0 cm³/mol. The molecule has 1 aromatic heterocycles. The molecule has 5 N–H and O–H groups in total. The van der Waals surface area contributed by atoms with E-state index in [0.29, 0.717) is 6.42 Å². The molecule has 0 spiro atoms. The SMILES string of the molecule is N[C@@H](Cc1c[nH]c2c(C3=CC=CC=CN3)cccc12)C(=O)O. The summed E-state index contributed by atoms with van der Waals surface area (Å²) in [5.41, 5.74) is 9.53. The summed E-state index contributed by atoms with van der Waals surface area (Å²) in [4.78, 5) is 14.2. The molecule has 0 unspecified atom stereocenters. The summed E-state index contributed by atoms with van der Waals surface area (Å²) >= 11 is 0. The average molecular weight is 295 g/mol. The standard InChI is InChI=1S/C17H17N3O2/c18-14(17(21)22)9-11-10-20-16-12(11)5-4-6-13(16)15-7-2-1-3-8-19-15/h1-8,10,14,19-20H,9,18H2,(H,21,22)/t14-/m0/s1. The summed E-state index contributed by atoms with van der Waals surface area (Å²) in [6, 6.07) is 5.05. The lowest BCUT2D eigenvalue weighted by Gasteiger charge is -2.09. The number of aromatic amines is 1. The number of rotatable bonds is 4. The normalized spacial score (nSPS) is 15.2. The summed E-state index contributed by atoms with van der Waals surface area (Å²) in [5.74, 6) is -0.992. The fraction of sp³-hybridized carbons (Fsp3) is 0.118. The van der Waals surface area contributed by atoms with Crippen LogP contribution >= 0.6 is 0 Å². The Morgan fingerprint density at radius 3 is 2.95 bits per heavy atom. The molecule has 0 aliphatic carbocycles. The van der Waals surface area contributed by atoms with Gasteiger partial charge in [0, 0.05) is 35.5 Å². The van der Waals surface area contributed by atoms with E-state index in [1.807, 2.05) is 54.9 Å². The monoisotopic (exact) mass is 295 g/mol. The van der Waals surface area contributed by atoms with E-state index in [4.69, 9.17) is 10.8 Å². The van der Waals surface area contributed by atoms with E-state index in [1.54, 1.807) is 0 Å². The summed E-state index contributed by atoms with van der Waals surface area (Å²) in [7, 11) is 0. The molecule has 0 amide bonds. The van der Waals surface area contributed by atoms with Crippen LogP contribution in [0.25, 0.3) is 16.6 Å². The van der Waals surface area contributed by atoms with Crippen molar-refractivity contribution in [1.82, 2.24) is 10.3 Å². The van der Waals surface area contributed by atoms with Crippen LogP contribution in [0.2, 0.25) is 0 Å². The number of nitrogens with one attached hydrogen (secondary N) is 2. The van der Waals surface area contributed by atoms with Crippen molar-refractivity contribution < 1.29 is 9.90 Å². The molecule has 0 saturated carbocycles. The number of nitrogens with two attached hydrogens (primary N) is 1. The van der Waals surface area contributed by atoms with Gasteiger partial charge in [-0.3, -0.25) is 4.79 Å². The van der Waals surface area contributed by atoms with Gasteiger partial charge in [0.25, 0.3) is 0 Å². The number of hydrogen-bond acceptors (Lipinski definition) is 3. The van der Waals surface area contributed by atoms with Gasteiger partial charge in [-0.25, -0.2) is 0 Å². The Kier molecular flexibility index (Phi) is 3.80. The lowest BCUT2D eigenvalue weighted by Crippen LogP contribution is -2.32. The number of carboxylic acids is 1. The number of aromatic nitrogens is 1. The van der Waals surface area contributed by atoms with Gasteiger partial charge in [0.15, 0.2) is 0 Å². The van der Waals surface area contributed by atoms with E-state index in [9.17, 15) is 4.79 Å². The Morgan fingerprint density at radius 1 is 1.27 bits per heavy atom. The largest absolute Gasteiger partial charge is 0.480 e. The third kappa shape index (κ3) is 2.66. The highest BCUT2D eigenvalue weighted by molar-refractivity contribution is 5.94. The number of fused-ring (bicyclic) bond motifs is 1. The van der Waals surface area contributed by atoms with Crippen LogP contribution < -0.4 is 11.1 Å². The average Bonchev–Trinajstić information content (AvgIpc) is 2.74. The van der Waals surface area contributed by atoms with Crippen LogP contribution in [-0.4, -0.2) is 22.1 Å². The molecule has 5 heteroatoms. The zero-order chi connectivity index (χ0) is 15.5. The van der Waals surface area contributed by atoms with Gasteiger partial charge in [-0.2, -0.15) is 0 Å². The second-order valence-electron chi connectivity index (χ2n) is 5.16. The molecule has 5 nitrogen and oxygen atoms in total. The van der Waals surface area contributed by atoms with Crippen LogP contribution in [0.5, 0.6) is 0 Å². The number of benzene rings is 1. The maximum Gasteiger partial charge on any atom is 0.320 e. The molecule has 2 heterocycles. The molecule has 1 aliphatic heterocycles. The summed E-state index contributed by atoms with van der Waals surface area (Å²) in [6.07, 6.45) is 11.8. The van der Waals surface area contributed by atoms with Gasteiger partial charge in [-0.15, -0.1) is 0 Å². The van der Waals surface area contributed by atoms with E-state index >= 15 is 0 Å². The first-order chi connectivity index (χ1) is 10.7. The maximum atomic E-state index is 10.9. The third-order valence-electron chi connectivity index (χ3n) is 3.67. The Balaban J connectivity index is 2.02. The number of carbonyl (C=O) groups is 1. The van der Waals surface area contributed by atoms with Gasteiger partial charge in [0.1, 0.15) is 6.04 Å². The zero-order valence-electron chi connectivity index (χ0n) is 11.9. The number of allylic oxidation sites excluding steroid dienone is 4. The Hall–Kier alpha value is -2.79. The number of para-hydroxylation sites is 1. The summed E-state index contributed by atoms with van der Waals surface area (Å²) in [6.45, 7) is 0. The number of H-pyrrole nitrogens is 1. The van der Waals surface area contributed by atoms with Gasteiger partial charge >= 0.3 is 5.97 Å². The molecule has 1 aliphatic rings. The quantitative estimate of drug-likeness (QED) is 0.695. The molecule has 1 aromatic carbocycles. The highest BCUT2D eigenvalue weighted by Crippen LogP contribution is 2.27. The predicted octanol–water partition coefficient (Wildman–Crippen LogP) is 2.14. The van der Waals surface area contributed by atoms with Gasteiger partial charge < -0.3 is 21.1 Å². The lowest BCUT2D eigenvalue weighted by molar-refractivity contribution is -0.138. The van der Waals surface area contributed by atoms with Crippen molar-refractivity contribution in [1.29, 1.82) is 0 Å². The third-order valence-corrected chi connectivity index (χ3v) is 3.67. The fourth-order valence-electron chi connectivity index (χ4n) is 2.56. The van der Waals surface area contributed by atoms with Gasteiger partial charge in [0.2, 0.25) is 0 Å². The van der Waals surface area contributed by atoms with E-state index in [2.05, 4.69) is 10.3 Å². The van der Waals surface area contributed by atoms with Crippen molar-refractivity contribution in [3.8, 4) is 0 Å².